The first-order chi connectivity index (χ1) is 17.4. The Morgan fingerprint density at radius 3 is 2.27 bits per heavy atom. The van der Waals surface area contributed by atoms with E-state index in [4.69, 9.17) is 9.47 Å². The molecule has 4 N–H and O–H groups in total. The fraction of sp³-hybridized carbons (Fsp3) is 1.00. The van der Waals surface area contributed by atoms with Crippen LogP contribution in [-0.4, -0.2) is 64.8 Å². The number of aliphatic hydroxyl groups is 4. The molecule has 0 saturated heterocycles. The molecule has 0 amide bonds. The Morgan fingerprint density at radius 2 is 1.68 bits per heavy atom. The van der Waals surface area contributed by atoms with E-state index in [1.54, 1.807) is 14.2 Å². The van der Waals surface area contributed by atoms with Gasteiger partial charge in [-0.3, -0.25) is 0 Å². The lowest BCUT2D eigenvalue weighted by Gasteiger charge is -2.63. The Labute approximate surface area is 224 Å². The summed E-state index contributed by atoms with van der Waals surface area (Å²) in [5, 5.41) is 45.7. The topological polar surface area (TPSA) is 99.4 Å². The van der Waals surface area contributed by atoms with Crippen LogP contribution in [0.25, 0.3) is 0 Å². The molecule has 0 spiro atoms. The normalized spacial score (nSPS) is 49.8. The Balaban J connectivity index is 1.37. The van der Waals surface area contributed by atoms with Gasteiger partial charge in [0.05, 0.1) is 18.8 Å². The standard InChI is InChI=1S/C31H54O6/c1-18-13-22(18)19(2)14-27(34)31(35,17-32)25-10-9-23-21-8-7-20-16-30(36-5,37-6)12-11-28(20,3)24(21)15-26(33)29(23,25)4/h18-27,32-35H,7-17H2,1-6H3/t18-,19-,20+,21+,22-,23+,24+,25+,26-,27-,28+,29+,31+/m1/s1. The Kier molecular flexibility index (Phi) is 7.41. The van der Waals surface area contributed by atoms with Crippen molar-refractivity contribution in [1.82, 2.24) is 0 Å². The third kappa shape index (κ3) is 4.18. The minimum Gasteiger partial charge on any atom is -0.393 e. The summed E-state index contributed by atoms with van der Waals surface area (Å²) in [7, 11) is 3.52. The number of rotatable bonds is 8. The van der Waals surface area contributed by atoms with Gasteiger partial charge in [0, 0.05) is 38.4 Å². The highest BCUT2D eigenvalue weighted by Gasteiger charge is 2.67. The first kappa shape index (κ1) is 28.3. The molecule has 0 aliphatic heterocycles. The summed E-state index contributed by atoms with van der Waals surface area (Å²) >= 11 is 0. The van der Waals surface area contributed by atoms with Crippen molar-refractivity contribution in [2.24, 2.45) is 58.2 Å². The molecule has 5 rings (SSSR count). The maximum atomic E-state index is 11.9. The molecule has 13 atom stereocenters. The summed E-state index contributed by atoms with van der Waals surface area (Å²) in [5.41, 5.74) is -1.93. The van der Waals surface area contributed by atoms with Crippen LogP contribution in [0, 0.1) is 58.2 Å². The lowest BCUT2D eigenvalue weighted by Crippen LogP contribution is -2.64. The zero-order chi connectivity index (χ0) is 27.0. The fourth-order valence-electron chi connectivity index (χ4n) is 10.7. The minimum absolute atomic E-state index is 0.146. The van der Waals surface area contributed by atoms with Gasteiger partial charge in [0.15, 0.2) is 5.79 Å². The highest BCUT2D eigenvalue weighted by atomic mass is 16.7. The SMILES string of the molecule is COC1(OC)CC[C@@]2(C)[C@@H](CC[C@@H]3[C@@H]2C[C@@H](O)[C@]2(C)[C@@H]([C@@](O)(CO)[C@H](O)C[C@@H](C)[C@@H]4C[C@H]4C)CC[C@@H]32)C1. The molecule has 0 aromatic heterocycles. The molecule has 5 aliphatic rings. The van der Waals surface area contributed by atoms with Crippen molar-refractivity contribution in [2.75, 3.05) is 20.8 Å². The van der Waals surface area contributed by atoms with Gasteiger partial charge < -0.3 is 29.9 Å². The van der Waals surface area contributed by atoms with E-state index in [2.05, 4.69) is 27.7 Å². The molecule has 0 radical (unpaired) electrons. The van der Waals surface area contributed by atoms with Crippen molar-refractivity contribution in [2.45, 2.75) is 115 Å². The average Bonchev–Trinajstić information content (AvgIpc) is 3.51. The van der Waals surface area contributed by atoms with E-state index in [1.165, 1.54) is 6.42 Å². The summed E-state index contributed by atoms with van der Waals surface area (Å²) in [6.07, 6.45) is 7.70. The molecule has 0 aromatic carbocycles. The lowest BCUT2D eigenvalue weighted by atomic mass is 9.43. The second kappa shape index (κ2) is 9.69. The summed E-state index contributed by atoms with van der Waals surface area (Å²) in [6.45, 7) is 8.56. The highest BCUT2D eigenvalue weighted by molar-refractivity contribution is 5.16. The van der Waals surface area contributed by atoms with Gasteiger partial charge in [-0.2, -0.15) is 0 Å². The van der Waals surface area contributed by atoms with E-state index in [1.807, 2.05) is 0 Å². The molecule has 6 heteroatoms. The van der Waals surface area contributed by atoms with Crippen molar-refractivity contribution in [1.29, 1.82) is 0 Å². The maximum absolute atomic E-state index is 11.9. The van der Waals surface area contributed by atoms with Crippen LogP contribution < -0.4 is 0 Å². The van der Waals surface area contributed by atoms with E-state index in [9.17, 15) is 20.4 Å². The van der Waals surface area contributed by atoms with Gasteiger partial charge in [-0.25, -0.2) is 0 Å². The predicted molar refractivity (Wildman–Crippen MR) is 142 cm³/mol. The van der Waals surface area contributed by atoms with E-state index < -0.39 is 35.6 Å². The largest absolute Gasteiger partial charge is 0.393 e. The molecule has 0 bridgehead atoms. The average molecular weight is 523 g/mol. The number of methoxy groups -OCH3 is 2. The van der Waals surface area contributed by atoms with Crippen molar-refractivity contribution >= 4 is 0 Å². The van der Waals surface area contributed by atoms with Gasteiger partial charge in [0.2, 0.25) is 0 Å². The Bertz CT molecular complexity index is 831. The van der Waals surface area contributed by atoms with Crippen LogP contribution >= 0.6 is 0 Å². The molecule has 0 aromatic rings. The number of hydrogen-bond acceptors (Lipinski definition) is 6. The molecule has 5 aliphatic carbocycles. The fourth-order valence-corrected chi connectivity index (χ4v) is 10.7. The van der Waals surface area contributed by atoms with Gasteiger partial charge in [0.25, 0.3) is 0 Å². The molecule has 0 heterocycles. The third-order valence-corrected chi connectivity index (χ3v) is 13.5. The molecule has 5 saturated carbocycles. The van der Waals surface area contributed by atoms with Crippen LogP contribution in [0.2, 0.25) is 0 Å². The van der Waals surface area contributed by atoms with Crippen LogP contribution in [0.15, 0.2) is 0 Å². The van der Waals surface area contributed by atoms with Crippen LogP contribution in [-0.2, 0) is 9.47 Å². The van der Waals surface area contributed by atoms with Gasteiger partial charge in [-0.15, -0.1) is 0 Å². The first-order valence-corrected chi connectivity index (χ1v) is 15.2. The van der Waals surface area contributed by atoms with Crippen LogP contribution in [0.1, 0.15) is 91.9 Å². The Morgan fingerprint density at radius 1 is 1.00 bits per heavy atom. The van der Waals surface area contributed by atoms with Crippen molar-refractivity contribution in [3.05, 3.63) is 0 Å². The molecule has 214 valence electrons. The molecule has 6 nitrogen and oxygen atoms in total. The van der Waals surface area contributed by atoms with Crippen LogP contribution in [0.5, 0.6) is 0 Å². The summed E-state index contributed by atoms with van der Waals surface area (Å²) in [5.74, 6) is 2.57. The smallest absolute Gasteiger partial charge is 0.167 e. The molecule has 37 heavy (non-hydrogen) atoms. The number of ether oxygens (including phenoxy) is 2. The van der Waals surface area contributed by atoms with Gasteiger partial charge in [0.1, 0.15) is 5.60 Å². The predicted octanol–water partition coefficient (Wildman–Crippen LogP) is 4.37. The van der Waals surface area contributed by atoms with E-state index in [0.29, 0.717) is 47.8 Å². The number of hydrogen-bond donors (Lipinski definition) is 4. The minimum atomic E-state index is -1.58. The molecule has 0 unspecified atom stereocenters. The quantitative estimate of drug-likeness (QED) is 0.353. The monoisotopic (exact) mass is 522 g/mol. The van der Waals surface area contributed by atoms with E-state index in [0.717, 1.165) is 51.4 Å². The highest BCUT2D eigenvalue weighted by Crippen LogP contribution is 2.69. The van der Waals surface area contributed by atoms with Crippen molar-refractivity contribution in [3.8, 4) is 0 Å². The molecule has 5 fully saturated rings. The number of fused-ring (bicyclic) bond motifs is 5. The molecular weight excluding hydrogens is 468 g/mol. The lowest BCUT2D eigenvalue weighted by molar-refractivity contribution is -0.268. The summed E-state index contributed by atoms with van der Waals surface area (Å²) in [4.78, 5) is 0. The maximum Gasteiger partial charge on any atom is 0.167 e. The molecular formula is C31H54O6. The van der Waals surface area contributed by atoms with Gasteiger partial charge >= 0.3 is 0 Å². The third-order valence-electron chi connectivity index (χ3n) is 13.5. The van der Waals surface area contributed by atoms with Gasteiger partial charge in [-0.1, -0.05) is 27.7 Å². The number of aliphatic hydroxyl groups excluding tert-OH is 3. The summed E-state index contributed by atoms with van der Waals surface area (Å²) in [6, 6.07) is 0. The first-order valence-electron chi connectivity index (χ1n) is 15.2. The van der Waals surface area contributed by atoms with Crippen LogP contribution in [0.3, 0.4) is 0 Å². The van der Waals surface area contributed by atoms with E-state index >= 15 is 0 Å². The van der Waals surface area contributed by atoms with E-state index in [-0.39, 0.29) is 11.3 Å². The van der Waals surface area contributed by atoms with Crippen molar-refractivity contribution < 1.29 is 29.9 Å². The summed E-state index contributed by atoms with van der Waals surface area (Å²) < 4.78 is 11.7. The zero-order valence-corrected chi connectivity index (χ0v) is 24.2. The zero-order valence-electron chi connectivity index (χ0n) is 24.2. The van der Waals surface area contributed by atoms with Crippen LogP contribution in [0.4, 0.5) is 0 Å². The second-order valence-electron chi connectivity index (χ2n) is 14.7. The van der Waals surface area contributed by atoms with Crippen molar-refractivity contribution in [3.63, 3.8) is 0 Å². The van der Waals surface area contributed by atoms with Gasteiger partial charge in [-0.05, 0) is 98.2 Å². The second-order valence-corrected chi connectivity index (χ2v) is 14.7. The Hall–Kier alpha value is -0.240.